The molecular formula is C15H21FN2O2. The van der Waals surface area contributed by atoms with Crippen molar-refractivity contribution in [3.63, 3.8) is 0 Å². The van der Waals surface area contributed by atoms with E-state index in [2.05, 4.69) is 5.32 Å². The molecule has 0 aromatic heterocycles. The summed E-state index contributed by atoms with van der Waals surface area (Å²) in [6, 6.07) is 6.20. The molecule has 0 spiro atoms. The highest BCUT2D eigenvalue weighted by molar-refractivity contribution is 5.74. The molecule has 0 heterocycles. The molecule has 1 aromatic rings. The highest BCUT2D eigenvalue weighted by atomic mass is 19.1. The molecule has 5 heteroatoms. The van der Waals surface area contributed by atoms with Gasteiger partial charge in [0.15, 0.2) is 0 Å². The Morgan fingerprint density at radius 3 is 2.70 bits per heavy atom. The Balaban J connectivity index is 1.91. The summed E-state index contributed by atoms with van der Waals surface area (Å²) in [4.78, 5) is 13.9. The number of ether oxygens (including phenoxy) is 1. The summed E-state index contributed by atoms with van der Waals surface area (Å²) in [5.41, 5.74) is 0.939. The van der Waals surface area contributed by atoms with E-state index in [-0.39, 0.29) is 11.8 Å². The number of nitrogens with one attached hydrogen (secondary N) is 1. The summed E-state index contributed by atoms with van der Waals surface area (Å²) in [6.45, 7) is 2.27. The lowest BCUT2D eigenvalue weighted by Crippen LogP contribution is -2.41. The molecule has 0 atom stereocenters. The molecule has 0 aliphatic heterocycles. The lowest BCUT2D eigenvalue weighted by molar-refractivity contribution is 0.176. The van der Waals surface area contributed by atoms with E-state index in [0.29, 0.717) is 25.6 Å². The maximum Gasteiger partial charge on any atom is 0.317 e. The molecule has 1 aliphatic rings. The smallest absolute Gasteiger partial charge is 0.317 e. The maximum absolute atomic E-state index is 12.9. The summed E-state index contributed by atoms with van der Waals surface area (Å²) in [5.74, 6) is 0.357. The van der Waals surface area contributed by atoms with Crippen LogP contribution in [0.4, 0.5) is 9.18 Å². The van der Waals surface area contributed by atoms with Crippen molar-refractivity contribution in [3.05, 3.63) is 35.6 Å². The second kappa shape index (κ2) is 7.24. The normalized spacial score (nSPS) is 14.1. The molecule has 0 saturated heterocycles. The fraction of sp³-hybridized carbons (Fsp3) is 0.533. The van der Waals surface area contributed by atoms with Gasteiger partial charge in [-0.05, 0) is 36.5 Å². The van der Waals surface area contributed by atoms with Crippen LogP contribution >= 0.6 is 0 Å². The lowest BCUT2D eigenvalue weighted by atomic mass is 10.2. The van der Waals surface area contributed by atoms with Crippen molar-refractivity contribution in [2.24, 2.45) is 5.92 Å². The van der Waals surface area contributed by atoms with Gasteiger partial charge >= 0.3 is 6.03 Å². The van der Waals surface area contributed by atoms with E-state index in [0.717, 1.165) is 12.1 Å². The van der Waals surface area contributed by atoms with Crippen LogP contribution in [0.1, 0.15) is 18.4 Å². The number of carbonyl (C=O) groups excluding carboxylic acids is 1. The van der Waals surface area contributed by atoms with Gasteiger partial charge in [0.2, 0.25) is 0 Å². The number of amides is 2. The van der Waals surface area contributed by atoms with Gasteiger partial charge in [0.1, 0.15) is 5.82 Å². The van der Waals surface area contributed by atoms with Crippen molar-refractivity contribution in [3.8, 4) is 0 Å². The monoisotopic (exact) mass is 280 g/mol. The van der Waals surface area contributed by atoms with E-state index in [9.17, 15) is 9.18 Å². The highest BCUT2D eigenvalue weighted by Gasteiger charge is 2.26. The number of carbonyl (C=O) groups is 1. The minimum Gasteiger partial charge on any atom is -0.383 e. The SMILES string of the molecule is COCCNC(=O)N(Cc1ccc(F)cc1)CC1CC1. The van der Waals surface area contributed by atoms with E-state index in [4.69, 9.17) is 4.74 Å². The predicted octanol–water partition coefficient (Wildman–Crippen LogP) is 2.39. The Hall–Kier alpha value is -1.62. The van der Waals surface area contributed by atoms with Crippen molar-refractivity contribution >= 4 is 6.03 Å². The molecular weight excluding hydrogens is 259 g/mol. The third kappa shape index (κ3) is 4.81. The first-order valence-corrected chi connectivity index (χ1v) is 6.95. The van der Waals surface area contributed by atoms with Crippen molar-refractivity contribution < 1.29 is 13.9 Å². The lowest BCUT2D eigenvalue weighted by Gasteiger charge is -2.23. The van der Waals surface area contributed by atoms with Gasteiger partial charge in [0.25, 0.3) is 0 Å². The number of hydrogen-bond acceptors (Lipinski definition) is 2. The Kier molecular flexibility index (Phi) is 5.35. The number of benzene rings is 1. The van der Waals surface area contributed by atoms with Crippen molar-refractivity contribution in [1.82, 2.24) is 10.2 Å². The van der Waals surface area contributed by atoms with Crippen LogP contribution in [0, 0.1) is 11.7 Å². The van der Waals surface area contributed by atoms with Crippen LogP contribution in [0.5, 0.6) is 0 Å². The number of hydrogen-bond donors (Lipinski definition) is 1. The average molecular weight is 280 g/mol. The Labute approximate surface area is 118 Å². The first kappa shape index (κ1) is 14.8. The third-order valence-corrected chi connectivity index (χ3v) is 3.33. The largest absolute Gasteiger partial charge is 0.383 e. The number of nitrogens with zero attached hydrogens (tertiary/aromatic N) is 1. The van der Waals surface area contributed by atoms with E-state index in [1.807, 2.05) is 0 Å². The molecule has 1 saturated carbocycles. The zero-order valence-corrected chi connectivity index (χ0v) is 11.8. The summed E-state index contributed by atoms with van der Waals surface area (Å²) < 4.78 is 17.8. The van der Waals surface area contributed by atoms with Crippen LogP contribution in [0.15, 0.2) is 24.3 Å². The topological polar surface area (TPSA) is 41.6 Å². The summed E-state index contributed by atoms with van der Waals surface area (Å²) in [7, 11) is 1.60. The Morgan fingerprint density at radius 1 is 1.40 bits per heavy atom. The van der Waals surface area contributed by atoms with Gasteiger partial charge in [0, 0.05) is 26.7 Å². The first-order chi connectivity index (χ1) is 9.69. The molecule has 1 aliphatic carbocycles. The van der Waals surface area contributed by atoms with Crippen LogP contribution < -0.4 is 5.32 Å². The predicted molar refractivity (Wildman–Crippen MR) is 74.8 cm³/mol. The van der Waals surface area contributed by atoms with E-state index >= 15 is 0 Å². The zero-order chi connectivity index (χ0) is 14.4. The molecule has 0 radical (unpaired) electrons. The molecule has 2 amide bonds. The summed E-state index contributed by atoms with van der Waals surface area (Å²) in [5, 5.41) is 2.84. The summed E-state index contributed by atoms with van der Waals surface area (Å²) >= 11 is 0. The van der Waals surface area contributed by atoms with E-state index in [1.165, 1.54) is 25.0 Å². The minimum atomic E-state index is -0.257. The average Bonchev–Trinajstić information content (AvgIpc) is 3.24. The standard InChI is InChI=1S/C15H21FN2O2/c1-20-9-8-17-15(19)18(10-12-2-3-12)11-13-4-6-14(16)7-5-13/h4-7,12H,2-3,8-11H2,1H3,(H,17,19). The highest BCUT2D eigenvalue weighted by Crippen LogP contribution is 2.30. The minimum absolute atomic E-state index is 0.0849. The summed E-state index contributed by atoms with van der Waals surface area (Å²) in [6.07, 6.45) is 2.37. The molecule has 2 rings (SSSR count). The van der Waals surface area contributed by atoms with Gasteiger partial charge < -0.3 is 15.0 Å². The van der Waals surface area contributed by atoms with Gasteiger partial charge in [-0.2, -0.15) is 0 Å². The van der Waals surface area contributed by atoms with Crippen LogP contribution in [-0.4, -0.2) is 37.7 Å². The van der Waals surface area contributed by atoms with Crippen molar-refractivity contribution in [2.45, 2.75) is 19.4 Å². The van der Waals surface area contributed by atoms with Crippen LogP contribution in [0.2, 0.25) is 0 Å². The van der Waals surface area contributed by atoms with Gasteiger partial charge in [-0.25, -0.2) is 9.18 Å². The van der Waals surface area contributed by atoms with Crippen LogP contribution in [0.3, 0.4) is 0 Å². The fourth-order valence-electron chi connectivity index (χ4n) is 2.01. The van der Waals surface area contributed by atoms with E-state index in [1.54, 1.807) is 24.1 Å². The Morgan fingerprint density at radius 2 is 2.10 bits per heavy atom. The van der Waals surface area contributed by atoms with Crippen LogP contribution in [0.25, 0.3) is 0 Å². The molecule has 20 heavy (non-hydrogen) atoms. The molecule has 1 aromatic carbocycles. The first-order valence-electron chi connectivity index (χ1n) is 6.95. The van der Waals surface area contributed by atoms with Gasteiger partial charge in [-0.1, -0.05) is 12.1 Å². The molecule has 1 fully saturated rings. The number of urea groups is 1. The molecule has 0 unspecified atom stereocenters. The molecule has 1 N–H and O–H groups in total. The van der Waals surface area contributed by atoms with Gasteiger partial charge in [-0.3, -0.25) is 0 Å². The fourth-order valence-corrected chi connectivity index (χ4v) is 2.01. The van der Waals surface area contributed by atoms with Gasteiger partial charge in [-0.15, -0.1) is 0 Å². The maximum atomic E-state index is 12.9. The third-order valence-electron chi connectivity index (χ3n) is 3.33. The Bertz CT molecular complexity index is 432. The quantitative estimate of drug-likeness (QED) is 0.779. The number of halogens is 1. The number of methoxy groups -OCH3 is 1. The second-order valence-corrected chi connectivity index (χ2v) is 5.18. The second-order valence-electron chi connectivity index (χ2n) is 5.18. The van der Waals surface area contributed by atoms with E-state index < -0.39 is 0 Å². The molecule has 0 bridgehead atoms. The van der Waals surface area contributed by atoms with Crippen LogP contribution in [-0.2, 0) is 11.3 Å². The number of rotatable bonds is 7. The molecule has 110 valence electrons. The molecule has 4 nitrogen and oxygen atoms in total. The van der Waals surface area contributed by atoms with Gasteiger partial charge in [0.05, 0.1) is 6.61 Å². The van der Waals surface area contributed by atoms with Crippen molar-refractivity contribution in [1.29, 1.82) is 0 Å². The van der Waals surface area contributed by atoms with Crippen molar-refractivity contribution in [2.75, 3.05) is 26.8 Å². The zero-order valence-electron chi connectivity index (χ0n) is 11.8.